The van der Waals surface area contributed by atoms with Gasteiger partial charge in [0.2, 0.25) is 5.71 Å². The zero-order chi connectivity index (χ0) is 41.5. The van der Waals surface area contributed by atoms with Crippen molar-refractivity contribution in [1.82, 2.24) is 19.5 Å². The smallest absolute Gasteiger partial charge is 0 e. The maximum atomic E-state index is 6.52. The summed E-state index contributed by atoms with van der Waals surface area (Å²) < 4.78 is 10.3. The van der Waals surface area contributed by atoms with E-state index in [0.29, 0.717) is 11.6 Å². The van der Waals surface area contributed by atoms with E-state index in [0.717, 1.165) is 67.8 Å². The number of pyridine rings is 2. The molecule has 0 fully saturated rings. The molecule has 9 rings (SSSR count). The molecule has 0 saturated carbocycles. The number of furan rings is 1. The SMILES string of the molecule is CC(C)c1cccc2nc(-c3[c-]ccc4c3oc3nc(C(C)(C)C)ccc34)n(-c3ccc(-c4ccccc4)cc3)c12.CCc1cc(-c2[c-]cccc2)nc[c]1[Ge]([CH3])([CH3])[CH3].[Ir]. The topological polar surface area (TPSA) is 56.7 Å². The second kappa shape index (κ2) is 17.5. The molecule has 0 bridgehead atoms. The van der Waals surface area contributed by atoms with Gasteiger partial charge >= 0.3 is 113 Å². The van der Waals surface area contributed by atoms with Crippen molar-refractivity contribution in [1.29, 1.82) is 0 Å². The van der Waals surface area contributed by atoms with Crippen LogP contribution in [0.15, 0.2) is 138 Å². The van der Waals surface area contributed by atoms with Crippen molar-refractivity contribution in [2.75, 3.05) is 0 Å². The van der Waals surface area contributed by atoms with Gasteiger partial charge in [0.05, 0.1) is 22.4 Å². The summed E-state index contributed by atoms with van der Waals surface area (Å²) in [4.78, 5) is 14.8. The number of rotatable bonds is 7. The molecule has 305 valence electrons. The first-order chi connectivity index (χ1) is 28.3. The maximum Gasteiger partial charge on any atom is 0 e. The molecule has 0 unspecified atom stereocenters. The van der Waals surface area contributed by atoms with Crippen molar-refractivity contribution in [2.45, 2.75) is 76.6 Å². The van der Waals surface area contributed by atoms with Crippen molar-refractivity contribution in [2.24, 2.45) is 0 Å². The molecule has 9 aromatic rings. The van der Waals surface area contributed by atoms with Crippen LogP contribution in [0.2, 0.25) is 17.3 Å². The molecule has 4 aromatic heterocycles. The van der Waals surface area contributed by atoms with Crippen LogP contribution in [-0.2, 0) is 31.9 Å². The minimum atomic E-state index is -1.80. The number of hydrogen-bond acceptors (Lipinski definition) is 4. The molecule has 7 heteroatoms. The summed E-state index contributed by atoms with van der Waals surface area (Å²) in [5.74, 6) is 8.40. The van der Waals surface area contributed by atoms with Crippen LogP contribution in [0.3, 0.4) is 0 Å². The van der Waals surface area contributed by atoms with Crippen LogP contribution < -0.4 is 4.40 Å². The predicted molar refractivity (Wildman–Crippen MR) is 250 cm³/mol. The molecule has 60 heavy (non-hydrogen) atoms. The first-order valence-electron chi connectivity index (χ1n) is 20.7. The maximum absolute atomic E-state index is 6.52. The van der Waals surface area contributed by atoms with Gasteiger partial charge < -0.3 is 8.98 Å². The van der Waals surface area contributed by atoms with E-state index in [4.69, 9.17) is 14.4 Å². The molecule has 0 amide bonds. The van der Waals surface area contributed by atoms with Gasteiger partial charge in [0.15, 0.2) is 0 Å². The van der Waals surface area contributed by atoms with Gasteiger partial charge in [0.1, 0.15) is 0 Å². The van der Waals surface area contributed by atoms with Gasteiger partial charge in [-0.25, -0.2) is 4.98 Å². The molecule has 0 spiro atoms. The fraction of sp³-hybridized carbons (Fsp3) is 0.226. The van der Waals surface area contributed by atoms with E-state index in [9.17, 15) is 0 Å². The summed E-state index contributed by atoms with van der Waals surface area (Å²) in [6.45, 7) is 13.2. The third kappa shape index (κ3) is 8.56. The Morgan fingerprint density at radius 3 is 2.15 bits per heavy atom. The van der Waals surface area contributed by atoms with Crippen molar-refractivity contribution >= 4 is 50.8 Å². The number of nitrogens with zero attached hydrogens (tertiary/aromatic N) is 4. The van der Waals surface area contributed by atoms with E-state index in [1.807, 2.05) is 30.3 Å². The Balaban J connectivity index is 0.000000241. The van der Waals surface area contributed by atoms with Crippen LogP contribution >= 0.6 is 0 Å². The summed E-state index contributed by atoms with van der Waals surface area (Å²) in [6.07, 6.45) is 3.19. The summed E-state index contributed by atoms with van der Waals surface area (Å²) in [7, 11) is 0. The van der Waals surface area contributed by atoms with E-state index >= 15 is 0 Å². The van der Waals surface area contributed by atoms with E-state index < -0.39 is 13.3 Å². The van der Waals surface area contributed by atoms with Crippen LogP contribution in [0, 0.1) is 12.1 Å². The Bertz CT molecular complexity index is 2900. The second-order valence-electron chi connectivity index (χ2n) is 17.7. The number of fused-ring (bicyclic) bond motifs is 4. The molecule has 1 radical (unpaired) electrons. The average molecular weight is 1030 g/mol. The Kier molecular flexibility index (Phi) is 12.5. The zero-order valence-electron chi connectivity index (χ0n) is 36.0. The van der Waals surface area contributed by atoms with Crippen LogP contribution in [0.4, 0.5) is 0 Å². The standard InChI is InChI=1S/C37H32N3O.C16H20GeN.Ir/c1-23(2)27-13-10-16-31-33(27)40(26-19-17-25(18-20-26)24-11-7-6-8-12-24)35(38-31)30-15-9-14-28-29-21-22-32(37(3,4)5)39-36(29)41-34(28)30;1-5-13-11-16(14-9-7-6-8-10-14)18-12-15(13)17(2,3)4;/h6-14,16-23H,1-5H3;6-9,11-12H,5H2,1-4H3;/q2*-1;. The van der Waals surface area contributed by atoms with Crippen molar-refractivity contribution < 1.29 is 24.5 Å². The van der Waals surface area contributed by atoms with Gasteiger partial charge in [-0.05, 0) is 52.9 Å². The molecule has 0 N–H and O–H groups in total. The quantitative estimate of drug-likeness (QED) is 0.118. The molecular weight excluding hydrogens is 973 g/mol. The zero-order valence-corrected chi connectivity index (χ0v) is 40.5. The van der Waals surface area contributed by atoms with Crippen molar-refractivity contribution in [3.05, 3.63) is 163 Å². The van der Waals surface area contributed by atoms with Gasteiger partial charge in [-0.15, -0.1) is 18.2 Å². The normalized spacial score (nSPS) is 11.8. The summed E-state index contributed by atoms with van der Waals surface area (Å²) in [5, 5.41) is 2.02. The fourth-order valence-electron chi connectivity index (χ4n) is 7.84. The first-order valence-corrected chi connectivity index (χ1v) is 28.0. The summed E-state index contributed by atoms with van der Waals surface area (Å²) >= 11 is -1.80. The Labute approximate surface area is 371 Å². The van der Waals surface area contributed by atoms with Gasteiger partial charge in [0.25, 0.3) is 0 Å². The molecule has 5 aromatic carbocycles. The van der Waals surface area contributed by atoms with Crippen LogP contribution in [-0.4, -0.2) is 32.8 Å². The van der Waals surface area contributed by atoms with Gasteiger partial charge in [-0.3, -0.25) is 4.98 Å². The third-order valence-electron chi connectivity index (χ3n) is 11.0. The monoisotopic (exact) mass is 1030 g/mol. The molecule has 0 aliphatic heterocycles. The summed E-state index contributed by atoms with van der Waals surface area (Å²) in [6, 6.07) is 50.9. The molecule has 4 heterocycles. The molecular formula is C53H52GeIrN4O-2. The molecule has 5 nitrogen and oxygen atoms in total. The largest absolute Gasteiger partial charge is 0 e. The second-order valence-corrected chi connectivity index (χ2v) is 28.2. The number of benzene rings is 5. The average Bonchev–Trinajstić information content (AvgIpc) is 3.82. The van der Waals surface area contributed by atoms with E-state index in [1.54, 1.807) is 0 Å². The third-order valence-corrected chi connectivity index (χ3v) is 15.4. The number of imidazole rings is 1. The minimum Gasteiger partial charge on any atom is 0 e. The van der Waals surface area contributed by atoms with Gasteiger partial charge in [-0.1, -0.05) is 100 Å². The van der Waals surface area contributed by atoms with Gasteiger partial charge in [-0.2, -0.15) is 0 Å². The van der Waals surface area contributed by atoms with E-state index in [-0.39, 0.29) is 25.5 Å². The number of hydrogen-bond donors (Lipinski definition) is 0. The van der Waals surface area contributed by atoms with Crippen molar-refractivity contribution in [3.63, 3.8) is 0 Å². The molecule has 0 aliphatic rings. The van der Waals surface area contributed by atoms with Crippen LogP contribution in [0.1, 0.15) is 64.3 Å². The Hall–Kier alpha value is -5.14. The Morgan fingerprint density at radius 2 is 1.48 bits per heavy atom. The number of para-hydroxylation sites is 1. The molecule has 0 atom stereocenters. The Morgan fingerprint density at radius 1 is 0.750 bits per heavy atom. The van der Waals surface area contributed by atoms with Gasteiger partial charge in [0, 0.05) is 42.3 Å². The minimum absolute atomic E-state index is 0. The first kappa shape index (κ1) is 43.0. The molecule has 0 aliphatic carbocycles. The molecule has 0 saturated heterocycles. The number of aryl methyl sites for hydroxylation is 1. The van der Waals surface area contributed by atoms with E-state index in [2.05, 4.69) is 184 Å². The predicted octanol–water partition coefficient (Wildman–Crippen LogP) is 13.5. The fourth-order valence-corrected chi connectivity index (χ4v) is 11.3. The van der Waals surface area contributed by atoms with E-state index in [1.165, 1.54) is 26.6 Å². The van der Waals surface area contributed by atoms with Crippen LogP contribution in [0.25, 0.3) is 72.6 Å². The number of aromatic nitrogens is 4. The van der Waals surface area contributed by atoms with Crippen molar-refractivity contribution in [3.8, 4) is 39.5 Å². The van der Waals surface area contributed by atoms with Crippen LogP contribution in [0.5, 0.6) is 0 Å². The summed E-state index contributed by atoms with van der Waals surface area (Å²) in [5.41, 5.74) is 13.5.